The second-order valence-electron chi connectivity index (χ2n) is 3.17. The highest BCUT2D eigenvalue weighted by Crippen LogP contribution is 2.34. The Hall–Kier alpha value is -0.920. The molecule has 0 heterocycles. The Balaban J connectivity index is 2.88. The SMILES string of the molecule is C=CCC1(C)C(=O)CCC1=O. The third-order valence-electron chi connectivity index (χ3n) is 2.36. The molecule has 0 aromatic rings. The van der Waals surface area contributed by atoms with Crippen LogP contribution < -0.4 is 0 Å². The minimum absolute atomic E-state index is 0.0717. The fourth-order valence-electron chi connectivity index (χ4n) is 1.45. The number of allylic oxidation sites excluding steroid dienone is 1. The quantitative estimate of drug-likeness (QED) is 0.444. The summed E-state index contributed by atoms with van der Waals surface area (Å²) in [6.07, 6.45) is 2.97. The van der Waals surface area contributed by atoms with E-state index >= 15 is 0 Å². The lowest BCUT2D eigenvalue weighted by atomic mass is 9.83. The minimum atomic E-state index is -0.734. The van der Waals surface area contributed by atoms with Gasteiger partial charge in [0.25, 0.3) is 0 Å². The Morgan fingerprint density at radius 1 is 1.45 bits per heavy atom. The summed E-state index contributed by atoms with van der Waals surface area (Å²) in [6.45, 7) is 5.25. The van der Waals surface area contributed by atoms with Gasteiger partial charge in [0.2, 0.25) is 0 Å². The van der Waals surface area contributed by atoms with Crippen molar-refractivity contribution in [2.24, 2.45) is 5.41 Å². The molecule has 0 amide bonds. The van der Waals surface area contributed by atoms with Crippen LogP contribution in [-0.4, -0.2) is 11.6 Å². The molecule has 60 valence electrons. The molecule has 11 heavy (non-hydrogen) atoms. The third-order valence-corrected chi connectivity index (χ3v) is 2.36. The summed E-state index contributed by atoms with van der Waals surface area (Å²) >= 11 is 0. The molecule has 1 aliphatic rings. The van der Waals surface area contributed by atoms with Gasteiger partial charge < -0.3 is 0 Å². The lowest BCUT2D eigenvalue weighted by molar-refractivity contribution is -0.133. The first-order chi connectivity index (χ1) is 5.11. The molecular formula is C9H12O2. The maximum absolute atomic E-state index is 11.2. The lowest BCUT2D eigenvalue weighted by Gasteiger charge is -2.16. The van der Waals surface area contributed by atoms with E-state index in [1.807, 2.05) is 0 Å². The fourth-order valence-corrected chi connectivity index (χ4v) is 1.45. The molecule has 1 rings (SSSR count). The Kier molecular flexibility index (Phi) is 1.94. The van der Waals surface area contributed by atoms with Crippen LogP contribution in [0.15, 0.2) is 12.7 Å². The Labute approximate surface area is 66.3 Å². The number of hydrogen-bond donors (Lipinski definition) is 0. The molecule has 0 saturated heterocycles. The largest absolute Gasteiger partial charge is 0.299 e. The molecule has 0 radical (unpaired) electrons. The van der Waals surface area contributed by atoms with Gasteiger partial charge in [-0.15, -0.1) is 6.58 Å². The van der Waals surface area contributed by atoms with Crippen molar-refractivity contribution in [2.45, 2.75) is 26.2 Å². The number of carbonyl (C=O) groups is 2. The molecule has 0 atom stereocenters. The van der Waals surface area contributed by atoms with Gasteiger partial charge in [-0.25, -0.2) is 0 Å². The van der Waals surface area contributed by atoms with Gasteiger partial charge in [0.15, 0.2) is 0 Å². The number of hydrogen-bond acceptors (Lipinski definition) is 2. The van der Waals surface area contributed by atoms with Crippen molar-refractivity contribution < 1.29 is 9.59 Å². The van der Waals surface area contributed by atoms with E-state index in [0.29, 0.717) is 19.3 Å². The lowest BCUT2D eigenvalue weighted by Crippen LogP contribution is -2.28. The monoisotopic (exact) mass is 152 g/mol. The van der Waals surface area contributed by atoms with E-state index in [0.717, 1.165) is 0 Å². The van der Waals surface area contributed by atoms with Crippen LogP contribution in [-0.2, 0) is 9.59 Å². The van der Waals surface area contributed by atoms with Gasteiger partial charge in [0.05, 0.1) is 5.41 Å². The van der Waals surface area contributed by atoms with Crippen LogP contribution in [0.4, 0.5) is 0 Å². The van der Waals surface area contributed by atoms with E-state index in [1.165, 1.54) is 0 Å². The van der Waals surface area contributed by atoms with Crippen LogP contribution in [0, 0.1) is 5.41 Å². The molecule has 0 N–H and O–H groups in total. The van der Waals surface area contributed by atoms with Crippen LogP contribution >= 0.6 is 0 Å². The summed E-state index contributed by atoms with van der Waals surface area (Å²) in [7, 11) is 0. The van der Waals surface area contributed by atoms with E-state index < -0.39 is 5.41 Å². The molecule has 0 aromatic carbocycles. The maximum atomic E-state index is 11.2. The van der Waals surface area contributed by atoms with Crippen molar-refractivity contribution in [3.05, 3.63) is 12.7 Å². The van der Waals surface area contributed by atoms with Gasteiger partial charge in [-0.1, -0.05) is 6.08 Å². The van der Waals surface area contributed by atoms with Crippen LogP contribution in [0.25, 0.3) is 0 Å². The van der Waals surface area contributed by atoms with E-state index in [1.54, 1.807) is 13.0 Å². The third kappa shape index (κ3) is 1.13. The van der Waals surface area contributed by atoms with Gasteiger partial charge in [0, 0.05) is 12.8 Å². The van der Waals surface area contributed by atoms with Gasteiger partial charge in [-0.05, 0) is 13.3 Å². The number of Topliss-reactive ketones (excluding diaryl/α,β-unsaturated/α-hetero) is 2. The molecule has 2 heteroatoms. The summed E-state index contributed by atoms with van der Waals surface area (Å²) in [5, 5.41) is 0. The van der Waals surface area contributed by atoms with Crippen molar-refractivity contribution in [2.75, 3.05) is 0 Å². The number of carbonyl (C=O) groups excluding carboxylic acids is 2. The highest BCUT2D eigenvalue weighted by atomic mass is 16.2. The van der Waals surface area contributed by atoms with Gasteiger partial charge in [-0.2, -0.15) is 0 Å². The number of rotatable bonds is 2. The second-order valence-corrected chi connectivity index (χ2v) is 3.17. The van der Waals surface area contributed by atoms with E-state index in [4.69, 9.17) is 0 Å². The predicted octanol–water partition coefficient (Wildman–Crippen LogP) is 1.50. The summed E-state index contributed by atoms with van der Waals surface area (Å²) in [5.41, 5.74) is -0.734. The predicted molar refractivity (Wildman–Crippen MR) is 42.2 cm³/mol. The fraction of sp³-hybridized carbons (Fsp3) is 0.556. The van der Waals surface area contributed by atoms with Gasteiger partial charge in [0.1, 0.15) is 11.6 Å². The standard InChI is InChI=1S/C9H12O2/c1-3-6-9(2)7(10)4-5-8(9)11/h3H,1,4-6H2,2H3. The van der Waals surface area contributed by atoms with Crippen molar-refractivity contribution in [3.8, 4) is 0 Å². The van der Waals surface area contributed by atoms with Crippen molar-refractivity contribution in [1.29, 1.82) is 0 Å². The van der Waals surface area contributed by atoms with Crippen molar-refractivity contribution in [3.63, 3.8) is 0 Å². The zero-order valence-corrected chi connectivity index (χ0v) is 6.72. The van der Waals surface area contributed by atoms with Crippen LogP contribution in [0.1, 0.15) is 26.2 Å². The summed E-state index contributed by atoms with van der Waals surface area (Å²) in [5.74, 6) is 0.143. The topological polar surface area (TPSA) is 34.1 Å². The first kappa shape index (κ1) is 8.18. The molecule has 1 fully saturated rings. The molecule has 0 spiro atoms. The Morgan fingerprint density at radius 2 is 1.91 bits per heavy atom. The Bertz CT molecular complexity index is 200. The summed E-state index contributed by atoms with van der Waals surface area (Å²) < 4.78 is 0. The van der Waals surface area contributed by atoms with Gasteiger partial charge in [-0.3, -0.25) is 9.59 Å². The zero-order valence-electron chi connectivity index (χ0n) is 6.72. The van der Waals surface area contributed by atoms with E-state index in [-0.39, 0.29) is 11.6 Å². The average Bonchev–Trinajstić information content (AvgIpc) is 2.19. The summed E-state index contributed by atoms with van der Waals surface area (Å²) in [6, 6.07) is 0. The minimum Gasteiger partial charge on any atom is -0.299 e. The molecule has 1 aliphatic carbocycles. The smallest absolute Gasteiger partial charge is 0.146 e. The molecular weight excluding hydrogens is 140 g/mol. The van der Waals surface area contributed by atoms with Crippen LogP contribution in [0.2, 0.25) is 0 Å². The van der Waals surface area contributed by atoms with E-state index in [2.05, 4.69) is 6.58 Å². The first-order valence-electron chi connectivity index (χ1n) is 3.79. The normalized spacial score (nSPS) is 22.3. The molecule has 0 bridgehead atoms. The van der Waals surface area contributed by atoms with Crippen LogP contribution in [0.5, 0.6) is 0 Å². The summed E-state index contributed by atoms with van der Waals surface area (Å²) in [4.78, 5) is 22.5. The number of ketones is 2. The highest BCUT2D eigenvalue weighted by Gasteiger charge is 2.43. The zero-order chi connectivity index (χ0) is 8.48. The Morgan fingerprint density at radius 3 is 2.27 bits per heavy atom. The van der Waals surface area contributed by atoms with Crippen LogP contribution in [0.3, 0.4) is 0 Å². The average molecular weight is 152 g/mol. The highest BCUT2D eigenvalue weighted by molar-refractivity contribution is 6.12. The maximum Gasteiger partial charge on any atom is 0.146 e. The second kappa shape index (κ2) is 2.61. The molecule has 1 saturated carbocycles. The molecule has 0 unspecified atom stereocenters. The first-order valence-corrected chi connectivity index (χ1v) is 3.79. The van der Waals surface area contributed by atoms with Crippen molar-refractivity contribution in [1.82, 2.24) is 0 Å². The molecule has 0 aliphatic heterocycles. The molecule has 0 aromatic heterocycles. The van der Waals surface area contributed by atoms with E-state index in [9.17, 15) is 9.59 Å². The molecule has 2 nitrogen and oxygen atoms in total. The van der Waals surface area contributed by atoms with Crippen molar-refractivity contribution >= 4 is 11.6 Å². The van der Waals surface area contributed by atoms with Gasteiger partial charge >= 0.3 is 0 Å².